The van der Waals surface area contributed by atoms with Crippen LogP contribution >= 0.6 is 0 Å². The van der Waals surface area contributed by atoms with E-state index in [0.29, 0.717) is 47.2 Å². The Morgan fingerprint density at radius 3 is 2.32 bits per heavy atom. The molecule has 4 saturated carbocycles. The zero-order chi connectivity index (χ0) is 20.1. The zero-order valence-corrected chi connectivity index (χ0v) is 18.4. The van der Waals surface area contributed by atoms with Gasteiger partial charge in [-0.05, 0) is 87.4 Å². The van der Waals surface area contributed by atoms with Crippen LogP contribution in [0.25, 0.3) is 0 Å². The van der Waals surface area contributed by atoms with Gasteiger partial charge in [0.15, 0.2) is 5.79 Å². The van der Waals surface area contributed by atoms with Crippen LogP contribution in [-0.4, -0.2) is 23.8 Å². The third-order valence-corrected chi connectivity index (χ3v) is 9.95. The van der Waals surface area contributed by atoms with E-state index in [9.17, 15) is 4.79 Å². The fraction of sp³-hybridized carbons (Fsp3) is 0.880. The molecule has 1 aliphatic heterocycles. The molecule has 0 bridgehead atoms. The average molecular weight is 387 g/mol. The van der Waals surface area contributed by atoms with E-state index >= 15 is 0 Å². The lowest BCUT2D eigenvalue weighted by Crippen LogP contribution is -2.63. The van der Waals surface area contributed by atoms with E-state index in [4.69, 9.17) is 9.47 Å². The number of carbonyl (C=O) groups excluding carboxylic acids is 1. The highest BCUT2D eigenvalue weighted by molar-refractivity contribution is 5.79. The van der Waals surface area contributed by atoms with Crippen molar-refractivity contribution in [3.63, 3.8) is 0 Å². The van der Waals surface area contributed by atoms with Gasteiger partial charge in [0.25, 0.3) is 0 Å². The fourth-order valence-electron chi connectivity index (χ4n) is 8.78. The topological polar surface area (TPSA) is 35.5 Å². The van der Waals surface area contributed by atoms with Crippen LogP contribution in [0.3, 0.4) is 0 Å². The first kappa shape index (κ1) is 19.3. The van der Waals surface area contributed by atoms with Gasteiger partial charge >= 0.3 is 0 Å². The minimum atomic E-state index is -0.536. The van der Waals surface area contributed by atoms with Gasteiger partial charge in [0.05, 0.1) is 12.2 Å². The molecule has 5 aliphatic rings. The van der Waals surface area contributed by atoms with Crippen molar-refractivity contribution in [2.24, 2.45) is 40.4 Å². The summed E-state index contributed by atoms with van der Waals surface area (Å²) < 4.78 is 13.2. The molecule has 5 fully saturated rings. The van der Waals surface area contributed by atoms with Gasteiger partial charge in [-0.1, -0.05) is 26.0 Å². The maximum Gasteiger partial charge on any atom is 0.163 e. The van der Waals surface area contributed by atoms with E-state index < -0.39 is 5.79 Å². The van der Waals surface area contributed by atoms with Crippen molar-refractivity contribution < 1.29 is 14.3 Å². The summed E-state index contributed by atoms with van der Waals surface area (Å²) in [6.07, 6.45) is 7.86. The van der Waals surface area contributed by atoms with Crippen LogP contribution in [0.2, 0.25) is 0 Å². The van der Waals surface area contributed by atoms with Gasteiger partial charge < -0.3 is 9.47 Å². The molecule has 4 aliphatic carbocycles. The SMILES string of the molecule is C=C(C)[C@H]1CC[C@H]2[C@@H]3[C@H]4OC(C)(C)O[C@@H]4[C@H]4CC(=O)CC[C@]4(C)[C@H]3CC[C@]12C. The molecule has 0 spiro atoms. The summed E-state index contributed by atoms with van der Waals surface area (Å²) in [4.78, 5) is 12.4. The molecule has 0 aromatic heterocycles. The molecular formula is C25H38O3. The van der Waals surface area contributed by atoms with Crippen LogP contribution in [0.4, 0.5) is 0 Å². The largest absolute Gasteiger partial charge is 0.344 e. The number of rotatable bonds is 1. The summed E-state index contributed by atoms with van der Waals surface area (Å²) >= 11 is 0. The van der Waals surface area contributed by atoms with Gasteiger partial charge in [0.2, 0.25) is 0 Å². The molecule has 156 valence electrons. The quantitative estimate of drug-likeness (QED) is 0.556. The van der Waals surface area contributed by atoms with Gasteiger partial charge in [-0.25, -0.2) is 0 Å². The summed E-state index contributed by atoms with van der Waals surface area (Å²) in [6.45, 7) is 15.7. The molecule has 3 heteroatoms. The Hall–Kier alpha value is -0.670. The van der Waals surface area contributed by atoms with Crippen LogP contribution in [0.5, 0.6) is 0 Å². The molecule has 3 nitrogen and oxygen atoms in total. The standard InChI is InChI=1S/C25H38O3/c1-14(2)16-7-8-17-20-18(10-12-24(16,17)5)25(6)11-9-15(26)13-19(25)21-22(20)28-23(3,4)27-21/h16-22H,1,7-13H2,2-6H3/t16-,17+,18+,19-,20+,21-,22-,24-,25-/m1/s1. The Balaban J connectivity index is 1.58. The average Bonchev–Trinajstić information content (AvgIpc) is 3.12. The second kappa shape index (κ2) is 5.94. The maximum absolute atomic E-state index is 12.4. The van der Waals surface area contributed by atoms with E-state index in [1.165, 1.54) is 31.3 Å². The second-order valence-corrected chi connectivity index (χ2v) is 11.7. The second-order valence-electron chi connectivity index (χ2n) is 11.7. The molecule has 1 heterocycles. The van der Waals surface area contributed by atoms with Gasteiger partial charge in [0, 0.05) is 18.8 Å². The molecule has 0 N–H and O–H groups in total. The van der Waals surface area contributed by atoms with Gasteiger partial charge in [-0.2, -0.15) is 0 Å². The highest BCUT2D eigenvalue weighted by Crippen LogP contribution is 2.69. The maximum atomic E-state index is 12.4. The third-order valence-electron chi connectivity index (χ3n) is 9.95. The predicted molar refractivity (Wildman–Crippen MR) is 110 cm³/mol. The highest BCUT2D eigenvalue weighted by atomic mass is 16.8. The molecule has 28 heavy (non-hydrogen) atoms. The molecule has 0 radical (unpaired) electrons. The Morgan fingerprint density at radius 2 is 1.61 bits per heavy atom. The lowest BCUT2D eigenvalue weighted by Gasteiger charge is -2.62. The summed E-state index contributed by atoms with van der Waals surface area (Å²) in [7, 11) is 0. The van der Waals surface area contributed by atoms with Crippen LogP contribution in [0, 0.1) is 40.4 Å². The Bertz CT molecular complexity index is 711. The first-order chi connectivity index (χ1) is 13.1. The summed E-state index contributed by atoms with van der Waals surface area (Å²) in [6, 6.07) is 0. The third kappa shape index (κ3) is 2.44. The van der Waals surface area contributed by atoms with Gasteiger partial charge in [-0.15, -0.1) is 0 Å². The highest BCUT2D eigenvalue weighted by Gasteiger charge is 2.68. The monoisotopic (exact) mass is 386 g/mol. The normalized spacial score (nSPS) is 54.5. The number of ketones is 1. The van der Waals surface area contributed by atoms with E-state index in [0.717, 1.165) is 12.8 Å². The number of hydrogen-bond acceptors (Lipinski definition) is 3. The van der Waals surface area contributed by atoms with Crippen LogP contribution in [-0.2, 0) is 14.3 Å². The lowest BCUT2D eigenvalue weighted by molar-refractivity contribution is -0.180. The molecule has 5 rings (SSSR count). The first-order valence-electron chi connectivity index (χ1n) is 11.6. The van der Waals surface area contributed by atoms with Crippen molar-refractivity contribution in [2.45, 2.75) is 97.6 Å². The summed E-state index contributed by atoms with van der Waals surface area (Å²) in [5.41, 5.74) is 1.93. The number of carbonyl (C=O) groups is 1. The number of allylic oxidation sites excluding steroid dienone is 1. The van der Waals surface area contributed by atoms with Crippen LogP contribution in [0.15, 0.2) is 12.2 Å². The molecule has 1 saturated heterocycles. The Labute approximate surface area is 170 Å². The van der Waals surface area contributed by atoms with Crippen molar-refractivity contribution in [1.29, 1.82) is 0 Å². The number of ether oxygens (including phenoxy) is 2. The van der Waals surface area contributed by atoms with Gasteiger partial charge in [-0.3, -0.25) is 4.79 Å². The minimum absolute atomic E-state index is 0.0803. The Morgan fingerprint density at radius 1 is 0.929 bits per heavy atom. The lowest BCUT2D eigenvalue weighted by atomic mass is 9.43. The van der Waals surface area contributed by atoms with Crippen LogP contribution < -0.4 is 0 Å². The van der Waals surface area contributed by atoms with E-state index in [-0.39, 0.29) is 17.6 Å². The number of fused-ring (bicyclic) bond motifs is 8. The van der Waals surface area contributed by atoms with Gasteiger partial charge in [0.1, 0.15) is 5.78 Å². The molecule has 0 unspecified atom stereocenters. The van der Waals surface area contributed by atoms with Crippen molar-refractivity contribution >= 4 is 5.78 Å². The van der Waals surface area contributed by atoms with E-state index in [1.54, 1.807) is 0 Å². The molecule has 0 aromatic carbocycles. The van der Waals surface area contributed by atoms with E-state index in [1.807, 2.05) is 0 Å². The van der Waals surface area contributed by atoms with Crippen molar-refractivity contribution in [3.05, 3.63) is 12.2 Å². The smallest absolute Gasteiger partial charge is 0.163 e. The van der Waals surface area contributed by atoms with Crippen molar-refractivity contribution in [1.82, 2.24) is 0 Å². The molecule has 0 amide bonds. The van der Waals surface area contributed by atoms with Crippen LogP contribution in [0.1, 0.15) is 79.6 Å². The minimum Gasteiger partial charge on any atom is -0.344 e. The number of Topliss-reactive ketones (excluding diaryl/α,β-unsaturated/α-hetero) is 1. The Kier molecular flexibility index (Phi) is 4.09. The molecule has 9 atom stereocenters. The van der Waals surface area contributed by atoms with Crippen molar-refractivity contribution in [3.8, 4) is 0 Å². The number of hydrogen-bond donors (Lipinski definition) is 0. The fourth-order valence-corrected chi connectivity index (χ4v) is 8.78. The zero-order valence-electron chi connectivity index (χ0n) is 18.4. The first-order valence-corrected chi connectivity index (χ1v) is 11.6. The summed E-state index contributed by atoms with van der Waals surface area (Å²) in [5, 5.41) is 0. The van der Waals surface area contributed by atoms with E-state index in [2.05, 4.69) is 41.2 Å². The molecule has 0 aromatic rings. The van der Waals surface area contributed by atoms with Crippen molar-refractivity contribution in [2.75, 3.05) is 0 Å². The molecular weight excluding hydrogens is 348 g/mol. The summed E-state index contributed by atoms with van der Waals surface area (Å²) in [5.74, 6) is 2.77. The predicted octanol–water partition coefficient (Wildman–Crippen LogP) is 5.53.